The third kappa shape index (κ3) is 3.38. The molecule has 0 amide bonds. The van der Waals surface area contributed by atoms with E-state index in [-0.39, 0.29) is 5.82 Å². The minimum Gasteiger partial charge on any atom is -0.491 e. The molecule has 1 aromatic carbocycles. The van der Waals surface area contributed by atoms with Crippen LogP contribution in [-0.4, -0.2) is 32.8 Å². The Balaban J connectivity index is 1.77. The Morgan fingerprint density at radius 1 is 1.26 bits per heavy atom. The van der Waals surface area contributed by atoms with E-state index in [2.05, 4.69) is 10.2 Å². The Bertz CT molecular complexity index is 426. The van der Waals surface area contributed by atoms with Crippen LogP contribution in [0.15, 0.2) is 18.2 Å². The molecule has 0 spiro atoms. The molecule has 2 fully saturated rings. The first-order valence-electron chi connectivity index (χ1n) is 7.21. The van der Waals surface area contributed by atoms with Gasteiger partial charge in [0, 0.05) is 25.7 Å². The van der Waals surface area contributed by atoms with Crippen molar-refractivity contribution >= 4 is 5.69 Å². The first-order chi connectivity index (χ1) is 9.33. The predicted octanol–water partition coefficient (Wildman–Crippen LogP) is 2.41. The molecule has 1 saturated heterocycles. The molecule has 0 aromatic heterocycles. The van der Waals surface area contributed by atoms with Gasteiger partial charge < -0.3 is 15.0 Å². The number of anilines is 1. The molecule has 1 aliphatic heterocycles. The van der Waals surface area contributed by atoms with Gasteiger partial charge >= 0.3 is 0 Å². The molecular weight excluding hydrogens is 243 g/mol. The van der Waals surface area contributed by atoms with Gasteiger partial charge in [-0.2, -0.15) is 0 Å². The summed E-state index contributed by atoms with van der Waals surface area (Å²) in [4.78, 5) is 2.23. The maximum atomic E-state index is 13.5. The van der Waals surface area contributed by atoms with Crippen LogP contribution in [-0.2, 0) is 0 Å². The van der Waals surface area contributed by atoms with Gasteiger partial charge in [0.25, 0.3) is 0 Å². The summed E-state index contributed by atoms with van der Waals surface area (Å²) in [5, 5.41) is 3.37. The zero-order chi connectivity index (χ0) is 13.1. The monoisotopic (exact) mass is 264 g/mol. The van der Waals surface area contributed by atoms with Crippen molar-refractivity contribution in [2.75, 3.05) is 37.7 Å². The van der Waals surface area contributed by atoms with Gasteiger partial charge in [-0.1, -0.05) is 0 Å². The van der Waals surface area contributed by atoms with Crippen LogP contribution in [0.4, 0.5) is 10.1 Å². The van der Waals surface area contributed by atoms with Crippen LogP contribution < -0.4 is 15.0 Å². The fraction of sp³-hybridized carbons (Fsp3) is 0.600. The zero-order valence-electron chi connectivity index (χ0n) is 11.2. The number of halogens is 1. The van der Waals surface area contributed by atoms with Crippen molar-refractivity contribution in [1.29, 1.82) is 0 Å². The summed E-state index contributed by atoms with van der Waals surface area (Å²) in [7, 11) is 0. The van der Waals surface area contributed by atoms with E-state index in [1.807, 2.05) is 0 Å². The average molecular weight is 264 g/mol. The molecule has 1 heterocycles. The Labute approximate surface area is 113 Å². The first-order valence-corrected chi connectivity index (χ1v) is 7.21. The van der Waals surface area contributed by atoms with Crippen molar-refractivity contribution in [3.05, 3.63) is 24.0 Å². The lowest BCUT2D eigenvalue weighted by molar-refractivity contribution is 0.299. The molecule has 0 atom stereocenters. The van der Waals surface area contributed by atoms with E-state index in [9.17, 15) is 4.39 Å². The minimum absolute atomic E-state index is 0.189. The van der Waals surface area contributed by atoms with Crippen LogP contribution in [0.25, 0.3) is 0 Å². The van der Waals surface area contributed by atoms with Gasteiger partial charge in [0.05, 0.1) is 12.3 Å². The molecule has 0 radical (unpaired) electrons. The van der Waals surface area contributed by atoms with Crippen molar-refractivity contribution in [3.63, 3.8) is 0 Å². The first kappa shape index (κ1) is 12.7. The van der Waals surface area contributed by atoms with Crippen molar-refractivity contribution < 1.29 is 9.13 Å². The molecule has 1 aromatic rings. The van der Waals surface area contributed by atoms with Crippen LogP contribution in [0.3, 0.4) is 0 Å². The summed E-state index contributed by atoms with van der Waals surface area (Å²) in [6, 6.07) is 4.86. The summed E-state index contributed by atoms with van der Waals surface area (Å²) in [6.45, 7) is 4.60. The maximum absolute atomic E-state index is 13.5. The van der Waals surface area contributed by atoms with Gasteiger partial charge in [0.1, 0.15) is 11.6 Å². The largest absolute Gasteiger partial charge is 0.491 e. The minimum atomic E-state index is -0.189. The summed E-state index contributed by atoms with van der Waals surface area (Å²) >= 11 is 0. The lowest BCUT2D eigenvalue weighted by Crippen LogP contribution is -2.28. The predicted molar refractivity (Wildman–Crippen MR) is 74.3 cm³/mol. The van der Waals surface area contributed by atoms with E-state index in [4.69, 9.17) is 4.74 Å². The van der Waals surface area contributed by atoms with Crippen LogP contribution in [0.1, 0.15) is 19.3 Å². The number of benzene rings is 1. The van der Waals surface area contributed by atoms with Crippen molar-refractivity contribution in [2.24, 2.45) is 5.92 Å². The fourth-order valence-electron chi connectivity index (χ4n) is 2.44. The van der Waals surface area contributed by atoms with Gasteiger partial charge in [-0.25, -0.2) is 4.39 Å². The number of ether oxygens (including phenoxy) is 1. The molecule has 4 heteroatoms. The fourth-order valence-corrected chi connectivity index (χ4v) is 2.44. The number of nitrogens with zero attached hydrogens (tertiary/aromatic N) is 1. The molecule has 0 bridgehead atoms. The van der Waals surface area contributed by atoms with E-state index in [0.717, 1.165) is 50.6 Å². The maximum Gasteiger partial charge on any atom is 0.142 e. The van der Waals surface area contributed by atoms with Gasteiger partial charge in [0.2, 0.25) is 0 Å². The Morgan fingerprint density at radius 3 is 3.00 bits per heavy atom. The van der Waals surface area contributed by atoms with Crippen LogP contribution in [0.5, 0.6) is 5.75 Å². The molecular formula is C15H21FN2O. The smallest absolute Gasteiger partial charge is 0.142 e. The zero-order valence-corrected chi connectivity index (χ0v) is 11.2. The van der Waals surface area contributed by atoms with Gasteiger partial charge in [-0.15, -0.1) is 0 Å². The van der Waals surface area contributed by atoms with E-state index in [0.29, 0.717) is 5.92 Å². The summed E-state index contributed by atoms with van der Waals surface area (Å²) in [5.41, 5.74) is 0.907. The lowest BCUT2D eigenvalue weighted by atomic mass is 10.2. The summed E-state index contributed by atoms with van der Waals surface area (Å²) in [5.74, 6) is 1.35. The van der Waals surface area contributed by atoms with Gasteiger partial charge in [-0.3, -0.25) is 0 Å². The number of hydrogen-bond donors (Lipinski definition) is 1. The van der Waals surface area contributed by atoms with Crippen molar-refractivity contribution in [2.45, 2.75) is 19.3 Å². The normalized spacial score (nSPS) is 20.2. The summed E-state index contributed by atoms with van der Waals surface area (Å²) < 4.78 is 19.4. The number of rotatable bonds is 4. The second kappa shape index (κ2) is 5.78. The Hall–Kier alpha value is -1.29. The average Bonchev–Trinajstić information content (AvgIpc) is 3.24. The summed E-state index contributed by atoms with van der Waals surface area (Å²) in [6.07, 6.45) is 3.62. The Kier molecular flexibility index (Phi) is 3.87. The molecule has 3 rings (SSSR count). The molecule has 1 aliphatic carbocycles. The van der Waals surface area contributed by atoms with Gasteiger partial charge in [0.15, 0.2) is 0 Å². The molecule has 104 valence electrons. The second-order valence-corrected chi connectivity index (χ2v) is 5.46. The van der Waals surface area contributed by atoms with E-state index >= 15 is 0 Å². The highest BCUT2D eigenvalue weighted by Gasteiger charge is 2.23. The van der Waals surface area contributed by atoms with Crippen LogP contribution >= 0.6 is 0 Å². The number of nitrogens with one attached hydrogen (secondary N) is 1. The van der Waals surface area contributed by atoms with E-state index in [1.54, 1.807) is 12.1 Å². The highest BCUT2D eigenvalue weighted by atomic mass is 19.1. The standard InChI is InChI=1S/C15H21FN2O/c16-13-4-5-15(19-11-12-2-3-12)14(10-13)18-8-1-6-17-7-9-18/h4-5,10,12,17H,1-3,6-9,11H2. The van der Waals surface area contributed by atoms with Crippen molar-refractivity contribution in [1.82, 2.24) is 5.32 Å². The number of hydrogen-bond acceptors (Lipinski definition) is 3. The quantitative estimate of drug-likeness (QED) is 0.904. The third-order valence-electron chi connectivity index (χ3n) is 3.77. The molecule has 3 nitrogen and oxygen atoms in total. The van der Waals surface area contributed by atoms with E-state index < -0.39 is 0 Å². The van der Waals surface area contributed by atoms with Crippen LogP contribution in [0.2, 0.25) is 0 Å². The molecule has 2 aliphatic rings. The second-order valence-electron chi connectivity index (χ2n) is 5.46. The highest BCUT2D eigenvalue weighted by Crippen LogP contribution is 2.33. The molecule has 19 heavy (non-hydrogen) atoms. The molecule has 1 saturated carbocycles. The lowest BCUT2D eigenvalue weighted by Gasteiger charge is -2.25. The molecule has 1 N–H and O–H groups in total. The van der Waals surface area contributed by atoms with Crippen LogP contribution in [0, 0.1) is 11.7 Å². The Morgan fingerprint density at radius 2 is 2.16 bits per heavy atom. The molecule has 0 unspecified atom stereocenters. The third-order valence-corrected chi connectivity index (χ3v) is 3.77. The topological polar surface area (TPSA) is 24.5 Å². The van der Waals surface area contributed by atoms with Gasteiger partial charge in [-0.05, 0) is 43.9 Å². The highest BCUT2D eigenvalue weighted by molar-refractivity contribution is 5.59. The van der Waals surface area contributed by atoms with E-state index in [1.165, 1.54) is 18.9 Å². The van der Waals surface area contributed by atoms with Crippen molar-refractivity contribution in [3.8, 4) is 5.75 Å². The SMILES string of the molecule is Fc1ccc(OCC2CC2)c(N2CCCNCC2)c1.